The fourth-order valence-electron chi connectivity index (χ4n) is 1.13. The van der Waals surface area contributed by atoms with Gasteiger partial charge in [-0.1, -0.05) is 12.1 Å². The van der Waals surface area contributed by atoms with Crippen LogP contribution in [0.1, 0.15) is 12.5 Å². The predicted octanol–water partition coefficient (Wildman–Crippen LogP) is 0.978. The standard InChI is InChI=1S/C10H13N3OS/c1-7(14)12-6-8-3-2-4-9(5-8)13-10(11)15/h2-5H,6H2,1H3,(H,12,14)(H3,11,13,15). The molecule has 1 aromatic rings. The summed E-state index contributed by atoms with van der Waals surface area (Å²) < 4.78 is 0. The molecule has 80 valence electrons. The van der Waals surface area contributed by atoms with Crippen LogP contribution >= 0.6 is 12.2 Å². The summed E-state index contributed by atoms with van der Waals surface area (Å²) in [4.78, 5) is 10.7. The average Bonchev–Trinajstić information content (AvgIpc) is 2.14. The minimum atomic E-state index is -0.0530. The predicted molar refractivity (Wildman–Crippen MR) is 64.4 cm³/mol. The van der Waals surface area contributed by atoms with Gasteiger partial charge in [0.15, 0.2) is 5.11 Å². The Bertz CT molecular complexity index is 379. The maximum atomic E-state index is 10.7. The summed E-state index contributed by atoms with van der Waals surface area (Å²) >= 11 is 4.72. The minimum absolute atomic E-state index is 0.0530. The Morgan fingerprint density at radius 3 is 2.87 bits per heavy atom. The zero-order valence-electron chi connectivity index (χ0n) is 8.41. The Morgan fingerprint density at radius 1 is 1.53 bits per heavy atom. The van der Waals surface area contributed by atoms with Crippen molar-refractivity contribution in [3.05, 3.63) is 29.8 Å². The van der Waals surface area contributed by atoms with Crippen LogP contribution in [0, 0.1) is 0 Å². The molecular weight excluding hydrogens is 210 g/mol. The van der Waals surface area contributed by atoms with Gasteiger partial charge in [-0.2, -0.15) is 0 Å². The van der Waals surface area contributed by atoms with Crippen molar-refractivity contribution in [3.63, 3.8) is 0 Å². The number of carbonyl (C=O) groups is 1. The molecular formula is C10H13N3OS. The first-order valence-corrected chi connectivity index (χ1v) is 4.88. The van der Waals surface area contributed by atoms with E-state index in [0.717, 1.165) is 11.3 Å². The number of hydrogen-bond acceptors (Lipinski definition) is 2. The van der Waals surface area contributed by atoms with Gasteiger partial charge in [0.05, 0.1) is 0 Å². The number of anilines is 1. The van der Waals surface area contributed by atoms with Crippen LogP contribution in [0.5, 0.6) is 0 Å². The van der Waals surface area contributed by atoms with Crippen molar-refractivity contribution in [1.29, 1.82) is 0 Å². The molecule has 0 saturated heterocycles. The van der Waals surface area contributed by atoms with Gasteiger partial charge in [-0.25, -0.2) is 0 Å². The van der Waals surface area contributed by atoms with Crippen LogP contribution in [0.3, 0.4) is 0 Å². The number of benzene rings is 1. The van der Waals surface area contributed by atoms with Crippen LogP contribution in [-0.4, -0.2) is 11.0 Å². The fraction of sp³-hybridized carbons (Fsp3) is 0.200. The number of amides is 1. The first-order valence-electron chi connectivity index (χ1n) is 4.48. The lowest BCUT2D eigenvalue weighted by Gasteiger charge is -2.06. The number of nitrogens with two attached hydrogens (primary N) is 1. The molecule has 0 aliphatic rings. The van der Waals surface area contributed by atoms with E-state index in [0.29, 0.717) is 6.54 Å². The van der Waals surface area contributed by atoms with Gasteiger partial charge in [-0.15, -0.1) is 0 Å². The van der Waals surface area contributed by atoms with Crippen LogP contribution in [0.2, 0.25) is 0 Å². The van der Waals surface area contributed by atoms with Gasteiger partial charge in [0.2, 0.25) is 5.91 Å². The molecule has 0 fully saturated rings. The maximum absolute atomic E-state index is 10.7. The third-order valence-electron chi connectivity index (χ3n) is 1.74. The average molecular weight is 223 g/mol. The number of rotatable bonds is 3. The summed E-state index contributed by atoms with van der Waals surface area (Å²) in [6.07, 6.45) is 0. The SMILES string of the molecule is CC(=O)NCc1cccc(NC(N)=S)c1. The Balaban J connectivity index is 2.65. The molecule has 0 radical (unpaired) electrons. The van der Waals surface area contributed by atoms with Crippen molar-refractivity contribution < 1.29 is 4.79 Å². The topological polar surface area (TPSA) is 67.2 Å². The van der Waals surface area contributed by atoms with E-state index in [1.165, 1.54) is 6.92 Å². The van der Waals surface area contributed by atoms with E-state index < -0.39 is 0 Å². The molecule has 4 N–H and O–H groups in total. The van der Waals surface area contributed by atoms with E-state index in [9.17, 15) is 4.79 Å². The third-order valence-corrected chi connectivity index (χ3v) is 1.84. The van der Waals surface area contributed by atoms with E-state index >= 15 is 0 Å². The number of thiocarbonyl (C=S) groups is 1. The molecule has 0 aliphatic carbocycles. The molecule has 0 spiro atoms. The number of carbonyl (C=O) groups excluding carboxylic acids is 1. The van der Waals surface area contributed by atoms with E-state index in [4.69, 9.17) is 18.0 Å². The Kier molecular flexibility index (Phi) is 4.05. The molecule has 4 nitrogen and oxygen atoms in total. The molecule has 0 aliphatic heterocycles. The second-order valence-corrected chi connectivity index (χ2v) is 3.54. The summed E-state index contributed by atoms with van der Waals surface area (Å²) in [7, 11) is 0. The first-order chi connectivity index (χ1) is 7.08. The zero-order chi connectivity index (χ0) is 11.3. The van der Waals surface area contributed by atoms with Crippen molar-refractivity contribution in [2.24, 2.45) is 5.73 Å². The maximum Gasteiger partial charge on any atom is 0.217 e. The fourth-order valence-corrected chi connectivity index (χ4v) is 1.25. The second-order valence-electron chi connectivity index (χ2n) is 3.10. The Labute approximate surface area is 93.9 Å². The van der Waals surface area contributed by atoms with Crippen molar-refractivity contribution in [2.75, 3.05) is 5.32 Å². The summed E-state index contributed by atoms with van der Waals surface area (Å²) in [6.45, 7) is 1.99. The minimum Gasteiger partial charge on any atom is -0.376 e. The zero-order valence-corrected chi connectivity index (χ0v) is 9.23. The molecule has 0 unspecified atom stereocenters. The van der Waals surface area contributed by atoms with E-state index in [-0.39, 0.29) is 11.0 Å². The van der Waals surface area contributed by atoms with Gasteiger partial charge in [0.25, 0.3) is 0 Å². The molecule has 1 aromatic carbocycles. The number of nitrogens with one attached hydrogen (secondary N) is 2. The van der Waals surface area contributed by atoms with Crippen molar-refractivity contribution >= 4 is 28.9 Å². The van der Waals surface area contributed by atoms with Gasteiger partial charge in [-0.05, 0) is 29.9 Å². The van der Waals surface area contributed by atoms with Crippen molar-refractivity contribution in [1.82, 2.24) is 5.32 Å². The third kappa shape index (κ3) is 4.42. The molecule has 0 bridgehead atoms. The van der Waals surface area contributed by atoms with Crippen molar-refractivity contribution in [3.8, 4) is 0 Å². The molecule has 0 aromatic heterocycles. The molecule has 1 rings (SSSR count). The van der Waals surface area contributed by atoms with E-state index in [1.54, 1.807) is 0 Å². The molecule has 0 heterocycles. The lowest BCUT2D eigenvalue weighted by molar-refractivity contribution is -0.119. The van der Waals surface area contributed by atoms with Crippen LogP contribution in [0.25, 0.3) is 0 Å². The normalized spacial score (nSPS) is 9.40. The van der Waals surface area contributed by atoms with E-state index in [2.05, 4.69) is 10.6 Å². The van der Waals surface area contributed by atoms with Gasteiger partial charge >= 0.3 is 0 Å². The highest BCUT2D eigenvalue weighted by Gasteiger charge is 1.97. The molecule has 1 amide bonds. The highest BCUT2D eigenvalue weighted by atomic mass is 32.1. The Morgan fingerprint density at radius 2 is 2.27 bits per heavy atom. The largest absolute Gasteiger partial charge is 0.376 e. The van der Waals surface area contributed by atoms with Gasteiger partial charge < -0.3 is 16.4 Å². The first kappa shape index (κ1) is 11.5. The van der Waals surface area contributed by atoms with Crippen LogP contribution in [0.4, 0.5) is 5.69 Å². The van der Waals surface area contributed by atoms with Gasteiger partial charge in [0, 0.05) is 19.2 Å². The Hall–Kier alpha value is -1.62. The molecule has 15 heavy (non-hydrogen) atoms. The smallest absolute Gasteiger partial charge is 0.217 e. The van der Waals surface area contributed by atoms with Gasteiger partial charge in [0.1, 0.15) is 0 Å². The monoisotopic (exact) mass is 223 g/mol. The second kappa shape index (κ2) is 5.31. The quantitative estimate of drug-likeness (QED) is 0.668. The van der Waals surface area contributed by atoms with Crippen LogP contribution in [0.15, 0.2) is 24.3 Å². The summed E-state index contributed by atoms with van der Waals surface area (Å²) in [5, 5.41) is 5.77. The lowest BCUT2D eigenvalue weighted by Crippen LogP contribution is -2.20. The van der Waals surface area contributed by atoms with E-state index in [1.807, 2.05) is 24.3 Å². The number of hydrogen-bond donors (Lipinski definition) is 3. The molecule has 0 atom stereocenters. The van der Waals surface area contributed by atoms with Gasteiger partial charge in [-0.3, -0.25) is 4.79 Å². The lowest BCUT2D eigenvalue weighted by atomic mass is 10.2. The summed E-state index contributed by atoms with van der Waals surface area (Å²) in [5.41, 5.74) is 7.16. The highest BCUT2D eigenvalue weighted by molar-refractivity contribution is 7.80. The summed E-state index contributed by atoms with van der Waals surface area (Å²) in [6, 6.07) is 7.53. The van der Waals surface area contributed by atoms with Crippen LogP contribution < -0.4 is 16.4 Å². The molecule has 0 saturated carbocycles. The highest BCUT2D eigenvalue weighted by Crippen LogP contribution is 2.09. The molecule has 5 heteroatoms. The van der Waals surface area contributed by atoms with Crippen LogP contribution in [-0.2, 0) is 11.3 Å². The van der Waals surface area contributed by atoms with Crippen molar-refractivity contribution in [2.45, 2.75) is 13.5 Å². The summed E-state index contributed by atoms with van der Waals surface area (Å²) in [5.74, 6) is -0.0530.